The Kier molecular flexibility index (Phi) is 9.46. The molecule has 1 fully saturated rings. The van der Waals surface area contributed by atoms with Gasteiger partial charge in [-0.2, -0.15) is 13.2 Å². The van der Waals surface area contributed by atoms with Crippen molar-refractivity contribution in [3.63, 3.8) is 0 Å². The van der Waals surface area contributed by atoms with Gasteiger partial charge in [-0.3, -0.25) is 4.79 Å². The lowest BCUT2D eigenvalue weighted by atomic mass is 10.1. The number of likely N-dealkylation sites (tertiary alicyclic amines) is 1. The van der Waals surface area contributed by atoms with E-state index in [1.54, 1.807) is 9.80 Å². The Labute approximate surface area is 253 Å². The van der Waals surface area contributed by atoms with Gasteiger partial charge in [-0.15, -0.1) is 0 Å². The van der Waals surface area contributed by atoms with E-state index >= 15 is 0 Å². The lowest BCUT2D eigenvalue weighted by Crippen LogP contribution is -2.51. The number of halogens is 4. The maximum Gasteiger partial charge on any atom is 0.422 e. The van der Waals surface area contributed by atoms with E-state index in [1.165, 1.54) is 18.2 Å². The number of anilines is 1. The summed E-state index contributed by atoms with van der Waals surface area (Å²) in [5.41, 5.74) is 2.64. The van der Waals surface area contributed by atoms with Crippen LogP contribution in [0.1, 0.15) is 41.3 Å². The fourth-order valence-corrected chi connectivity index (χ4v) is 5.79. The zero-order valence-corrected chi connectivity index (χ0v) is 24.5. The third kappa shape index (κ3) is 7.43. The molecule has 2 aliphatic heterocycles. The van der Waals surface area contributed by atoms with Crippen LogP contribution in [0.4, 0.5) is 23.7 Å². The monoisotopic (exact) mass is 615 g/mol. The Balaban J connectivity index is 1.31. The third-order valence-corrected chi connectivity index (χ3v) is 8.02. The number of para-hydroxylation sites is 1. The van der Waals surface area contributed by atoms with Gasteiger partial charge < -0.3 is 24.2 Å². The minimum atomic E-state index is -4.50. The van der Waals surface area contributed by atoms with Gasteiger partial charge in [0.05, 0.1) is 29.8 Å². The first-order chi connectivity index (χ1) is 20.6. The van der Waals surface area contributed by atoms with Crippen LogP contribution in [0.15, 0.2) is 72.8 Å². The Morgan fingerprint density at radius 2 is 1.74 bits per heavy atom. The van der Waals surface area contributed by atoms with E-state index in [0.717, 1.165) is 24.0 Å². The van der Waals surface area contributed by atoms with E-state index in [0.29, 0.717) is 32.0 Å². The summed E-state index contributed by atoms with van der Waals surface area (Å²) in [6, 6.07) is 20.6. The zero-order chi connectivity index (χ0) is 30.6. The van der Waals surface area contributed by atoms with E-state index in [2.05, 4.69) is 0 Å². The standard InChI is InChI=1S/C32H33ClF3N3O4/c1-22-17-39(30(40)27-14-13-26(16-28(27)33)43-21-32(34,35)36)29-12-6-5-10-24(29)18-38(22)31(41)37-15-7-11-25(37)20-42-19-23-8-3-2-4-9-23/h2-6,8-10,12-14,16,22,25H,7,11,15,17-21H2,1H3/t22-,25-/m1/s1. The Morgan fingerprint density at radius 3 is 2.49 bits per heavy atom. The third-order valence-electron chi connectivity index (χ3n) is 7.71. The average molecular weight is 616 g/mol. The van der Waals surface area contributed by atoms with Crippen LogP contribution in [0, 0.1) is 0 Å². The summed E-state index contributed by atoms with van der Waals surface area (Å²) >= 11 is 6.37. The molecular weight excluding hydrogens is 583 g/mol. The molecule has 0 radical (unpaired) electrons. The summed E-state index contributed by atoms with van der Waals surface area (Å²) in [4.78, 5) is 33.0. The molecule has 1 saturated heterocycles. The molecule has 0 spiro atoms. The highest BCUT2D eigenvalue weighted by atomic mass is 35.5. The molecule has 0 saturated carbocycles. The molecule has 228 valence electrons. The van der Waals surface area contributed by atoms with Crippen molar-refractivity contribution in [2.24, 2.45) is 0 Å². The van der Waals surface area contributed by atoms with Gasteiger partial charge in [0.15, 0.2) is 6.61 Å². The molecule has 11 heteroatoms. The second kappa shape index (κ2) is 13.3. The number of carbonyl (C=O) groups excluding carboxylic acids is 2. The topological polar surface area (TPSA) is 62.3 Å². The van der Waals surface area contributed by atoms with Gasteiger partial charge in [0.2, 0.25) is 0 Å². The van der Waals surface area contributed by atoms with Crippen molar-refractivity contribution < 1.29 is 32.2 Å². The fraction of sp³-hybridized carbons (Fsp3) is 0.375. The van der Waals surface area contributed by atoms with E-state index in [-0.39, 0.29) is 41.0 Å². The normalized spacial score (nSPS) is 18.8. The van der Waals surface area contributed by atoms with Gasteiger partial charge >= 0.3 is 12.2 Å². The molecule has 0 unspecified atom stereocenters. The molecule has 2 aliphatic rings. The van der Waals surface area contributed by atoms with Crippen LogP contribution < -0.4 is 9.64 Å². The Hall–Kier alpha value is -3.76. The second-order valence-corrected chi connectivity index (χ2v) is 11.2. The molecule has 2 atom stereocenters. The number of urea groups is 1. The first-order valence-corrected chi connectivity index (χ1v) is 14.6. The molecule has 3 aromatic rings. The van der Waals surface area contributed by atoms with Crippen molar-refractivity contribution in [3.05, 3.63) is 94.5 Å². The van der Waals surface area contributed by atoms with Gasteiger partial charge in [0.25, 0.3) is 5.91 Å². The molecule has 43 heavy (non-hydrogen) atoms. The number of fused-ring (bicyclic) bond motifs is 1. The molecular formula is C32H33ClF3N3O4. The highest BCUT2D eigenvalue weighted by Crippen LogP contribution is 2.33. The molecule has 2 heterocycles. The van der Waals surface area contributed by atoms with Crippen molar-refractivity contribution >= 4 is 29.2 Å². The largest absolute Gasteiger partial charge is 0.484 e. The number of amides is 3. The molecule has 0 aromatic heterocycles. The molecule has 3 amide bonds. The van der Waals surface area contributed by atoms with Crippen molar-refractivity contribution in [1.29, 1.82) is 0 Å². The molecule has 5 rings (SSSR count). The summed E-state index contributed by atoms with van der Waals surface area (Å²) < 4.78 is 48.5. The predicted molar refractivity (Wildman–Crippen MR) is 157 cm³/mol. The Morgan fingerprint density at radius 1 is 1.00 bits per heavy atom. The highest BCUT2D eigenvalue weighted by molar-refractivity contribution is 6.34. The van der Waals surface area contributed by atoms with Crippen molar-refractivity contribution in [2.45, 2.75) is 51.2 Å². The number of benzene rings is 3. The fourth-order valence-electron chi connectivity index (χ4n) is 5.54. The van der Waals surface area contributed by atoms with Gasteiger partial charge in [-0.25, -0.2) is 4.79 Å². The minimum absolute atomic E-state index is 0.0256. The number of hydrogen-bond acceptors (Lipinski definition) is 4. The zero-order valence-electron chi connectivity index (χ0n) is 23.7. The summed E-state index contributed by atoms with van der Waals surface area (Å²) in [7, 11) is 0. The lowest BCUT2D eigenvalue weighted by Gasteiger charge is -2.35. The van der Waals surface area contributed by atoms with Crippen LogP contribution in [-0.2, 0) is 17.9 Å². The van der Waals surface area contributed by atoms with Crippen LogP contribution in [0.5, 0.6) is 5.75 Å². The van der Waals surface area contributed by atoms with E-state index in [1.807, 2.05) is 66.4 Å². The summed E-state index contributed by atoms with van der Waals surface area (Å²) in [5.74, 6) is -0.512. The van der Waals surface area contributed by atoms with Crippen molar-refractivity contribution in [3.8, 4) is 5.75 Å². The number of ether oxygens (including phenoxy) is 2. The van der Waals surface area contributed by atoms with Crippen molar-refractivity contribution in [1.82, 2.24) is 9.80 Å². The van der Waals surface area contributed by atoms with Gasteiger partial charge in [0, 0.05) is 31.4 Å². The van der Waals surface area contributed by atoms with Crippen molar-refractivity contribution in [2.75, 3.05) is 31.2 Å². The van der Waals surface area contributed by atoms with Crippen LogP contribution in [-0.4, -0.2) is 66.3 Å². The van der Waals surface area contributed by atoms with Gasteiger partial charge in [-0.05, 0) is 55.2 Å². The number of rotatable bonds is 7. The maximum atomic E-state index is 14.0. The second-order valence-electron chi connectivity index (χ2n) is 10.8. The number of hydrogen-bond donors (Lipinski definition) is 0. The molecule has 3 aromatic carbocycles. The first-order valence-electron chi connectivity index (χ1n) is 14.2. The van der Waals surface area contributed by atoms with Crippen LogP contribution in [0.2, 0.25) is 5.02 Å². The Bertz CT molecular complexity index is 1440. The van der Waals surface area contributed by atoms with E-state index in [4.69, 9.17) is 21.1 Å². The van der Waals surface area contributed by atoms with Crippen LogP contribution in [0.25, 0.3) is 0 Å². The lowest BCUT2D eigenvalue weighted by molar-refractivity contribution is -0.153. The average Bonchev–Trinajstić information content (AvgIpc) is 3.40. The van der Waals surface area contributed by atoms with E-state index < -0.39 is 18.7 Å². The molecule has 0 N–H and O–H groups in total. The highest BCUT2D eigenvalue weighted by Gasteiger charge is 2.37. The molecule has 0 bridgehead atoms. The summed E-state index contributed by atoms with van der Waals surface area (Å²) in [6.07, 6.45) is -2.76. The SMILES string of the molecule is C[C@@H]1CN(C(=O)c2ccc(OCC(F)(F)F)cc2Cl)c2ccccc2CN1C(=O)N1CCC[C@@H]1COCc1ccccc1. The number of alkyl halides is 3. The quantitative estimate of drug-likeness (QED) is 0.289. The molecule has 0 aliphatic carbocycles. The van der Waals surface area contributed by atoms with E-state index in [9.17, 15) is 22.8 Å². The summed E-state index contributed by atoms with van der Waals surface area (Å²) in [5, 5.41) is -0.0256. The minimum Gasteiger partial charge on any atom is -0.484 e. The predicted octanol–water partition coefficient (Wildman–Crippen LogP) is 6.93. The van der Waals surface area contributed by atoms with Crippen LogP contribution in [0.3, 0.4) is 0 Å². The molecule has 7 nitrogen and oxygen atoms in total. The van der Waals surface area contributed by atoms with Crippen LogP contribution >= 0.6 is 11.6 Å². The smallest absolute Gasteiger partial charge is 0.422 e. The maximum absolute atomic E-state index is 14.0. The number of nitrogens with zero attached hydrogens (tertiary/aromatic N) is 3. The first kappa shape index (κ1) is 30.7. The summed E-state index contributed by atoms with van der Waals surface area (Å²) in [6.45, 7) is 2.49. The van der Waals surface area contributed by atoms with Gasteiger partial charge in [-0.1, -0.05) is 60.1 Å². The van der Waals surface area contributed by atoms with Gasteiger partial charge in [0.1, 0.15) is 5.75 Å². The number of carbonyl (C=O) groups is 2.